The Hall–Kier alpha value is -5.80. The number of hydrogen-bond donors (Lipinski definition) is 0. The Kier molecular flexibility index (Phi) is 6.61. The van der Waals surface area contributed by atoms with E-state index in [-0.39, 0.29) is 12.1 Å². The number of nitrogens with zero attached hydrogens (tertiary/aromatic N) is 2. The van der Waals surface area contributed by atoms with E-state index >= 15 is 0 Å². The van der Waals surface area contributed by atoms with Crippen molar-refractivity contribution in [3.63, 3.8) is 0 Å². The third-order valence-corrected chi connectivity index (χ3v) is 11.9. The van der Waals surface area contributed by atoms with Gasteiger partial charge in [0.15, 0.2) is 0 Å². The molecule has 2 heterocycles. The predicted molar refractivity (Wildman–Crippen MR) is 222 cm³/mol. The predicted octanol–water partition coefficient (Wildman–Crippen LogP) is 11.0. The molecule has 2 aliphatic heterocycles. The van der Waals surface area contributed by atoms with Crippen molar-refractivity contribution in [2.45, 2.75) is 47.0 Å². The Morgan fingerprint density at radius 3 is 1.63 bits per heavy atom. The van der Waals surface area contributed by atoms with E-state index in [0.717, 1.165) is 0 Å². The summed E-state index contributed by atoms with van der Waals surface area (Å²) >= 11 is 0. The lowest BCUT2D eigenvalue weighted by molar-refractivity contribution is 0.661. The lowest BCUT2D eigenvalue weighted by Crippen LogP contribution is -2.61. The second kappa shape index (κ2) is 11.1. The number of anilines is 6. The molecule has 52 heavy (non-hydrogen) atoms. The lowest BCUT2D eigenvalue weighted by Gasteiger charge is -2.45. The van der Waals surface area contributed by atoms with Gasteiger partial charge in [-0.25, -0.2) is 0 Å². The molecule has 0 fully saturated rings. The van der Waals surface area contributed by atoms with Crippen molar-refractivity contribution in [1.82, 2.24) is 0 Å². The highest BCUT2D eigenvalue weighted by atomic mass is 15.2. The van der Waals surface area contributed by atoms with Gasteiger partial charge in [-0.2, -0.15) is 0 Å². The molecule has 0 N–H and O–H groups in total. The molecule has 7 aromatic rings. The van der Waals surface area contributed by atoms with Crippen molar-refractivity contribution < 1.29 is 0 Å². The van der Waals surface area contributed by atoms with E-state index in [9.17, 15) is 0 Å². The van der Waals surface area contributed by atoms with Gasteiger partial charge in [0.25, 0.3) is 6.71 Å². The highest BCUT2D eigenvalue weighted by Crippen LogP contribution is 2.57. The molecular weight excluding hydrogens is 627 g/mol. The molecule has 2 nitrogen and oxygen atoms in total. The van der Waals surface area contributed by atoms with Crippen LogP contribution in [0.1, 0.15) is 47.2 Å². The number of benzene rings is 7. The SMILES string of the molecule is Cc1ccc(N2c3ccc(C)cc3B3c4cc(C)ccc4N(c4ccc(C)cc4)c4c3c2cc2c4-c3ccc(-c4ccccc4)cc3C2(C)C)cc1. The van der Waals surface area contributed by atoms with Gasteiger partial charge in [0.05, 0.1) is 5.69 Å². The molecule has 0 unspecified atom stereocenters. The Morgan fingerprint density at radius 1 is 0.462 bits per heavy atom. The summed E-state index contributed by atoms with van der Waals surface area (Å²) in [6, 6.07) is 53.0. The van der Waals surface area contributed by atoms with Crippen LogP contribution in [0.5, 0.6) is 0 Å². The monoisotopic (exact) mass is 668 g/mol. The van der Waals surface area contributed by atoms with Gasteiger partial charge < -0.3 is 9.80 Å². The van der Waals surface area contributed by atoms with Gasteiger partial charge in [-0.15, -0.1) is 0 Å². The second-order valence-electron chi connectivity index (χ2n) is 15.7. The van der Waals surface area contributed by atoms with Crippen LogP contribution in [0.25, 0.3) is 22.3 Å². The zero-order chi connectivity index (χ0) is 35.5. The van der Waals surface area contributed by atoms with E-state index in [1.165, 1.54) is 106 Å². The molecule has 250 valence electrons. The number of fused-ring (bicyclic) bond motifs is 8. The Balaban J connectivity index is 1.36. The molecule has 0 radical (unpaired) electrons. The Bertz CT molecular complexity index is 2570. The first-order valence-corrected chi connectivity index (χ1v) is 18.6. The van der Waals surface area contributed by atoms with E-state index in [0.29, 0.717) is 0 Å². The largest absolute Gasteiger partial charge is 0.311 e. The van der Waals surface area contributed by atoms with Crippen molar-refractivity contribution >= 4 is 57.2 Å². The second-order valence-corrected chi connectivity index (χ2v) is 15.7. The summed E-state index contributed by atoms with van der Waals surface area (Å²) in [5.41, 5.74) is 24.4. The van der Waals surface area contributed by atoms with Gasteiger partial charge in [-0.1, -0.05) is 127 Å². The van der Waals surface area contributed by atoms with Crippen LogP contribution in [0.15, 0.2) is 140 Å². The van der Waals surface area contributed by atoms with Crippen LogP contribution in [-0.4, -0.2) is 6.71 Å². The number of rotatable bonds is 3. The molecule has 0 saturated heterocycles. The Morgan fingerprint density at radius 2 is 1.02 bits per heavy atom. The smallest absolute Gasteiger partial charge is 0.252 e. The third-order valence-electron chi connectivity index (χ3n) is 11.9. The molecule has 3 aliphatic rings. The van der Waals surface area contributed by atoms with Crippen molar-refractivity contribution in [3.05, 3.63) is 173 Å². The highest BCUT2D eigenvalue weighted by Gasteiger charge is 2.48. The maximum Gasteiger partial charge on any atom is 0.252 e. The van der Waals surface area contributed by atoms with E-state index in [2.05, 4.69) is 191 Å². The van der Waals surface area contributed by atoms with E-state index in [4.69, 9.17) is 0 Å². The molecule has 0 amide bonds. The topological polar surface area (TPSA) is 6.48 Å². The van der Waals surface area contributed by atoms with Crippen molar-refractivity contribution in [1.29, 1.82) is 0 Å². The fourth-order valence-corrected chi connectivity index (χ4v) is 9.25. The summed E-state index contributed by atoms with van der Waals surface area (Å²) in [5, 5.41) is 0. The fourth-order valence-electron chi connectivity index (χ4n) is 9.25. The summed E-state index contributed by atoms with van der Waals surface area (Å²) in [6.07, 6.45) is 0. The Labute approximate surface area is 308 Å². The third kappa shape index (κ3) is 4.38. The number of aryl methyl sites for hydroxylation is 4. The minimum atomic E-state index is -0.227. The van der Waals surface area contributed by atoms with E-state index < -0.39 is 0 Å². The zero-order valence-electron chi connectivity index (χ0n) is 30.8. The van der Waals surface area contributed by atoms with E-state index in [1.54, 1.807) is 0 Å². The van der Waals surface area contributed by atoms with Gasteiger partial charge in [-0.05, 0) is 120 Å². The quantitative estimate of drug-likeness (QED) is 0.173. The highest BCUT2D eigenvalue weighted by molar-refractivity contribution is 7.00. The first-order chi connectivity index (χ1) is 25.2. The van der Waals surface area contributed by atoms with E-state index in [1.807, 2.05) is 0 Å². The fraction of sp³-hybridized carbons (Fsp3) is 0.143. The van der Waals surface area contributed by atoms with Crippen molar-refractivity contribution in [2.24, 2.45) is 0 Å². The van der Waals surface area contributed by atoms with Gasteiger partial charge in [0.1, 0.15) is 0 Å². The van der Waals surface area contributed by atoms with Crippen LogP contribution in [-0.2, 0) is 5.41 Å². The minimum absolute atomic E-state index is 0.0826. The molecule has 7 aromatic carbocycles. The van der Waals surface area contributed by atoms with Crippen LogP contribution < -0.4 is 26.2 Å². The van der Waals surface area contributed by atoms with Gasteiger partial charge in [-0.3, -0.25) is 0 Å². The molecule has 0 atom stereocenters. The first kappa shape index (κ1) is 31.0. The molecule has 0 spiro atoms. The molecule has 3 heteroatoms. The molecule has 10 rings (SSSR count). The van der Waals surface area contributed by atoms with Crippen LogP contribution in [0, 0.1) is 27.7 Å². The van der Waals surface area contributed by atoms with Crippen LogP contribution in [0.4, 0.5) is 34.1 Å². The standard InChI is InChI=1S/C49H41BN2/c1-30-12-19-36(20-13-30)51-43-24-16-32(3)26-41(43)50-42-27-33(4)17-25-44(42)52(37-21-14-31(2)15-22-37)48-46-38-23-18-35(34-10-8-7-9-11-34)28-39(38)49(5,6)40(46)29-45(51)47(48)50/h7-29H,1-6H3. The van der Waals surface area contributed by atoms with Crippen molar-refractivity contribution in [2.75, 3.05) is 9.80 Å². The molecular formula is C49H41BN2. The lowest BCUT2D eigenvalue weighted by atomic mass is 9.33. The normalized spacial score (nSPS) is 14.4. The summed E-state index contributed by atoms with van der Waals surface area (Å²) in [6.45, 7) is 13.8. The maximum absolute atomic E-state index is 2.59. The molecule has 0 aromatic heterocycles. The first-order valence-electron chi connectivity index (χ1n) is 18.6. The van der Waals surface area contributed by atoms with Gasteiger partial charge in [0.2, 0.25) is 0 Å². The molecule has 0 bridgehead atoms. The van der Waals surface area contributed by atoms with Crippen LogP contribution in [0.2, 0.25) is 0 Å². The molecule has 1 aliphatic carbocycles. The van der Waals surface area contributed by atoms with Crippen molar-refractivity contribution in [3.8, 4) is 22.3 Å². The summed E-state index contributed by atoms with van der Waals surface area (Å²) in [7, 11) is 0. The average Bonchev–Trinajstić information content (AvgIpc) is 3.38. The molecule has 0 saturated carbocycles. The maximum atomic E-state index is 2.59. The minimum Gasteiger partial charge on any atom is -0.311 e. The summed E-state index contributed by atoms with van der Waals surface area (Å²) < 4.78 is 0. The zero-order valence-corrected chi connectivity index (χ0v) is 30.8. The average molecular weight is 669 g/mol. The summed E-state index contributed by atoms with van der Waals surface area (Å²) in [4.78, 5) is 5.14. The van der Waals surface area contributed by atoms with Crippen LogP contribution in [0.3, 0.4) is 0 Å². The summed E-state index contributed by atoms with van der Waals surface area (Å²) in [5.74, 6) is 0. The van der Waals surface area contributed by atoms with Gasteiger partial charge >= 0.3 is 0 Å². The number of hydrogen-bond acceptors (Lipinski definition) is 2. The van der Waals surface area contributed by atoms with Gasteiger partial charge in [0, 0.05) is 39.4 Å². The van der Waals surface area contributed by atoms with Crippen LogP contribution >= 0.6 is 0 Å².